The maximum Gasteiger partial charge on any atom is 0.244 e. The number of aromatic nitrogens is 3. The van der Waals surface area contributed by atoms with Gasteiger partial charge < -0.3 is 14.4 Å². The van der Waals surface area contributed by atoms with Crippen molar-refractivity contribution in [2.24, 2.45) is 0 Å². The maximum atomic E-state index is 12.6. The maximum absolute atomic E-state index is 12.6. The van der Waals surface area contributed by atoms with Crippen molar-refractivity contribution in [2.75, 3.05) is 6.54 Å². The number of carbonyl (C=O) groups is 1. The normalized spacial score (nSPS) is 21.7. The molecule has 1 atom stereocenters. The lowest BCUT2D eigenvalue weighted by Gasteiger charge is -2.35. The minimum Gasteiger partial charge on any atom is -0.361 e. The van der Waals surface area contributed by atoms with Gasteiger partial charge >= 0.3 is 0 Å². The number of aryl methyl sites for hydroxylation is 1. The fourth-order valence-electron chi connectivity index (χ4n) is 3.26. The highest BCUT2D eigenvalue weighted by atomic mass is 16.5. The van der Waals surface area contributed by atoms with Gasteiger partial charge in [-0.25, -0.2) is 4.98 Å². The van der Waals surface area contributed by atoms with Crippen LogP contribution < -0.4 is 5.32 Å². The molecule has 0 unspecified atom stereocenters. The molecule has 7 nitrogen and oxygen atoms in total. The fraction of sp³-hybridized carbons (Fsp3) is 0.562. The third-order valence-corrected chi connectivity index (χ3v) is 4.72. The van der Waals surface area contributed by atoms with Crippen LogP contribution in [-0.4, -0.2) is 38.1 Å². The van der Waals surface area contributed by atoms with E-state index in [1.165, 1.54) is 6.42 Å². The van der Waals surface area contributed by atoms with Crippen LogP contribution >= 0.6 is 0 Å². The van der Waals surface area contributed by atoms with E-state index < -0.39 is 0 Å². The molecule has 0 aromatic carbocycles. The highest BCUT2D eigenvalue weighted by Gasteiger charge is 2.32. The van der Waals surface area contributed by atoms with Gasteiger partial charge in [0.25, 0.3) is 0 Å². The number of hydrogen-bond acceptors (Lipinski definition) is 5. The first-order chi connectivity index (χ1) is 11.2. The van der Waals surface area contributed by atoms with Crippen LogP contribution in [0.2, 0.25) is 0 Å². The zero-order valence-electron chi connectivity index (χ0n) is 13.2. The average molecular weight is 315 g/mol. The van der Waals surface area contributed by atoms with Crippen LogP contribution in [0.4, 0.5) is 0 Å². The van der Waals surface area contributed by atoms with Crippen LogP contribution in [-0.2, 0) is 17.9 Å². The highest BCUT2D eigenvalue weighted by molar-refractivity contribution is 5.81. The Hall–Kier alpha value is -2.15. The number of nitrogens with one attached hydrogen (secondary N) is 1. The van der Waals surface area contributed by atoms with Crippen LogP contribution in [0.1, 0.15) is 42.5 Å². The summed E-state index contributed by atoms with van der Waals surface area (Å²) in [6.07, 6.45) is 7.00. The topological polar surface area (TPSA) is 76.2 Å². The third kappa shape index (κ3) is 2.88. The van der Waals surface area contributed by atoms with Gasteiger partial charge in [0.2, 0.25) is 5.91 Å². The van der Waals surface area contributed by atoms with Crippen molar-refractivity contribution in [3.8, 4) is 0 Å². The van der Waals surface area contributed by atoms with Crippen LogP contribution in [0.5, 0.6) is 0 Å². The van der Waals surface area contributed by atoms with E-state index in [4.69, 9.17) is 4.52 Å². The number of amides is 1. The van der Waals surface area contributed by atoms with Gasteiger partial charge in [-0.05, 0) is 26.2 Å². The van der Waals surface area contributed by atoms with Gasteiger partial charge in [-0.3, -0.25) is 9.69 Å². The molecule has 1 saturated carbocycles. The molecule has 0 saturated heterocycles. The highest BCUT2D eigenvalue weighted by Crippen LogP contribution is 2.24. The Balaban J connectivity index is 1.50. The Labute approximate surface area is 134 Å². The molecule has 1 amide bonds. The molecule has 3 heterocycles. The summed E-state index contributed by atoms with van der Waals surface area (Å²) in [5.41, 5.74) is 1.96. The molecule has 2 aromatic rings. The monoisotopic (exact) mass is 315 g/mol. The smallest absolute Gasteiger partial charge is 0.244 e. The van der Waals surface area contributed by atoms with Crippen molar-refractivity contribution in [3.63, 3.8) is 0 Å². The van der Waals surface area contributed by atoms with E-state index in [0.29, 0.717) is 19.1 Å². The van der Waals surface area contributed by atoms with Crippen LogP contribution in [0, 0.1) is 6.92 Å². The largest absolute Gasteiger partial charge is 0.361 e. The summed E-state index contributed by atoms with van der Waals surface area (Å²) in [4.78, 5) is 19.1. The molecule has 23 heavy (non-hydrogen) atoms. The first-order valence-electron chi connectivity index (χ1n) is 8.14. The van der Waals surface area contributed by atoms with Crippen LogP contribution in [0.3, 0.4) is 0 Å². The van der Waals surface area contributed by atoms with Crippen LogP contribution in [0.15, 0.2) is 23.1 Å². The third-order valence-electron chi connectivity index (χ3n) is 4.72. The first kappa shape index (κ1) is 14.4. The van der Waals surface area contributed by atoms with E-state index in [2.05, 4.69) is 20.4 Å². The van der Waals surface area contributed by atoms with Gasteiger partial charge in [0.15, 0.2) is 0 Å². The molecular formula is C16H21N5O2. The predicted octanol–water partition coefficient (Wildman–Crippen LogP) is 1.41. The molecule has 7 heteroatoms. The Bertz CT molecular complexity index is 703. The molecule has 1 aliphatic heterocycles. The SMILES string of the molecule is Cc1cc(CN2Cc3cncn3[C@@H](C(=O)NC3CCC3)C2)no1. The Kier molecular flexibility index (Phi) is 3.65. The number of imidazole rings is 1. The molecule has 122 valence electrons. The first-order valence-corrected chi connectivity index (χ1v) is 8.14. The summed E-state index contributed by atoms with van der Waals surface area (Å²) in [5.74, 6) is 0.899. The standard InChI is InChI=1S/C16H21N5O2/c1-11-5-13(19-23-11)7-20-8-14-6-17-10-21(14)15(9-20)16(22)18-12-3-2-4-12/h5-6,10,12,15H,2-4,7-9H2,1H3,(H,18,22)/t15-/m1/s1. The van der Waals surface area contributed by atoms with Gasteiger partial charge in [-0.1, -0.05) is 5.16 Å². The number of fused-ring (bicyclic) bond motifs is 1. The number of carbonyl (C=O) groups excluding carboxylic acids is 1. The minimum absolute atomic E-state index is 0.0926. The molecule has 1 fully saturated rings. The molecular weight excluding hydrogens is 294 g/mol. The summed E-state index contributed by atoms with van der Waals surface area (Å²) >= 11 is 0. The van der Waals surface area contributed by atoms with E-state index in [9.17, 15) is 4.79 Å². The van der Waals surface area contributed by atoms with Gasteiger partial charge in [0.05, 0.1) is 17.7 Å². The number of nitrogens with zero attached hydrogens (tertiary/aromatic N) is 4. The zero-order chi connectivity index (χ0) is 15.8. The van der Waals surface area contributed by atoms with Crippen molar-refractivity contribution in [2.45, 2.75) is 51.4 Å². The number of hydrogen-bond donors (Lipinski definition) is 1. The molecule has 0 radical (unpaired) electrons. The Morgan fingerprint density at radius 2 is 2.35 bits per heavy atom. The summed E-state index contributed by atoms with van der Waals surface area (Å²) in [7, 11) is 0. The van der Waals surface area contributed by atoms with Crippen molar-refractivity contribution in [1.29, 1.82) is 0 Å². The predicted molar refractivity (Wildman–Crippen MR) is 82.4 cm³/mol. The molecule has 2 aromatic heterocycles. The quantitative estimate of drug-likeness (QED) is 0.923. The van der Waals surface area contributed by atoms with Crippen LogP contribution in [0.25, 0.3) is 0 Å². The molecule has 1 aliphatic carbocycles. The lowest BCUT2D eigenvalue weighted by atomic mass is 9.93. The van der Waals surface area contributed by atoms with Crippen molar-refractivity contribution >= 4 is 5.91 Å². The van der Waals surface area contributed by atoms with Gasteiger partial charge in [-0.2, -0.15) is 0 Å². The second-order valence-electron chi connectivity index (χ2n) is 6.54. The summed E-state index contributed by atoms with van der Waals surface area (Å²) in [6, 6.07) is 2.06. The minimum atomic E-state index is -0.227. The van der Waals surface area contributed by atoms with E-state index in [1.807, 2.05) is 23.8 Å². The molecule has 2 aliphatic rings. The van der Waals surface area contributed by atoms with Crippen molar-refractivity contribution in [3.05, 3.63) is 35.7 Å². The summed E-state index contributed by atoms with van der Waals surface area (Å²) in [5, 5.41) is 7.21. The second kappa shape index (κ2) is 5.81. The number of rotatable bonds is 4. The van der Waals surface area contributed by atoms with Crippen molar-refractivity contribution in [1.82, 2.24) is 24.9 Å². The summed E-state index contributed by atoms with van der Waals surface area (Å²) in [6.45, 7) is 3.99. The molecule has 1 N–H and O–H groups in total. The Morgan fingerprint density at radius 3 is 3.04 bits per heavy atom. The van der Waals surface area contributed by atoms with Gasteiger partial charge in [0, 0.05) is 37.9 Å². The van der Waals surface area contributed by atoms with Gasteiger partial charge in [0.1, 0.15) is 11.8 Å². The van der Waals surface area contributed by atoms with E-state index in [1.54, 1.807) is 6.33 Å². The van der Waals surface area contributed by atoms with E-state index in [-0.39, 0.29) is 11.9 Å². The lowest BCUT2D eigenvalue weighted by molar-refractivity contribution is -0.127. The summed E-state index contributed by atoms with van der Waals surface area (Å²) < 4.78 is 7.13. The van der Waals surface area contributed by atoms with Gasteiger partial charge in [-0.15, -0.1) is 0 Å². The molecule has 0 spiro atoms. The second-order valence-corrected chi connectivity index (χ2v) is 6.54. The van der Waals surface area contributed by atoms with E-state index >= 15 is 0 Å². The molecule has 4 rings (SSSR count). The Morgan fingerprint density at radius 1 is 1.48 bits per heavy atom. The van der Waals surface area contributed by atoms with E-state index in [0.717, 1.165) is 36.5 Å². The molecule has 0 bridgehead atoms. The lowest BCUT2D eigenvalue weighted by Crippen LogP contribution is -2.48. The average Bonchev–Trinajstić information content (AvgIpc) is 3.10. The van der Waals surface area contributed by atoms with Crippen molar-refractivity contribution < 1.29 is 9.32 Å². The zero-order valence-corrected chi connectivity index (χ0v) is 13.2. The fourth-order valence-corrected chi connectivity index (χ4v) is 3.26.